The average molecular weight is 651 g/mol. The van der Waals surface area contributed by atoms with Gasteiger partial charge in [-0.3, -0.25) is 24.0 Å². The lowest BCUT2D eigenvalue weighted by Crippen LogP contribution is -2.58. The number of carbonyl (C=O) groups is 7. The summed E-state index contributed by atoms with van der Waals surface area (Å²) >= 11 is 0. The molecular weight excluding hydrogens is 604 g/mol. The van der Waals surface area contributed by atoms with Crippen LogP contribution in [0.15, 0.2) is 30.3 Å². The molecule has 0 spiro atoms. The van der Waals surface area contributed by atoms with E-state index in [4.69, 9.17) is 21.3 Å². The van der Waals surface area contributed by atoms with Gasteiger partial charge in [0.2, 0.25) is 23.6 Å². The lowest BCUT2D eigenvalue weighted by atomic mass is 10.0. The Morgan fingerprint density at radius 2 is 1.28 bits per heavy atom. The molecule has 1 rings (SSSR count). The molecule has 0 aliphatic heterocycles. The highest BCUT2D eigenvalue weighted by atomic mass is 16.5. The maximum absolute atomic E-state index is 13.4. The van der Waals surface area contributed by atoms with Crippen molar-refractivity contribution in [1.82, 2.24) is 21.3 Å². The van der Waals surface area contributed by atoms with E-state index in [1.54, 1.807) is 44.2 Å². The van der Waals surface area contributed by atoms with E-state index in [1.165, 1.54) is 0 Å². The Morgan fingerprint density at radius 3 is 1.78 bits per heavy atom. The molecule has 0 aliphatic carbocycles. The third-order valence-electron chi connectivity index (χ3n) is 6.68. The fraction of sp³-hybridized carbons (Fsp3) is 0.567. The molecule has 5 amide bonds. The summed E-state index contributed by atoms with van der Waals surface area (Å²) in [4.78, 5) is 86.7. The number of hydrogen-bond acceptors (Lipinski definition) is 9. The summed E-state index contributed by atoms with van der Waals surface area (Å²) < 4.78 is 5.22. The molecule has 0 saturated heterocycles. The molecule has 0 radical (unpaired) electrons. The second-order valence-electron chi connectivity index (χ2n) is 11.1. The van der Waals surface area contributed by atoms with Gasteiger partial charge in [-0.05, 0) is 56.6 Å². The number of carboxylic acids is 2. The maximum Gasteiger partial charge on any atom is 0.408 e. The highest BCUT2D eigenvalue weighted by Gasteiger charge is 2.32. The van der Waals surface area contributed by atoms with Crippen molar-refractivity contribution in [3.8, 4) is 0 Å². The number of amides is 5. The maximum atomic E-state index is 13.4. The van der Waals surface area contributed by atoms with Crippen LogP contribution in [0.5, 0.6) is 0 Å². The predicted octanol–water partition coefficient (Wildman–Crippen LogP) is 0.126. The van der Waals surface area contributed by atoms with Crippen LogP contribution in [-0.2, 0) is 40.1 Å². The van der Waals surface area contributed by atoms with Gasteiger partial charge < -0.3 is 47.7 Å². The third-order valence-corrected chi connectivity index (χ3v) is 6.68. The van der Waals surface area contributed by atoms with Crippen molar-refractivity contribution in [3.05, 3.63) is 35.9 Å². The molecule has 1 aromatic rings. The fourth-order valence-corrected chi connectivity index (χ4v) is 4.27. The highest BCUT2D eigenvalue weighted by molar-refractivity contribution is 5.95. The van der Waals surface area contributed by atoms with Gasteiger partial charge in [-0.1, -0.05) is 44.2 Å². The second-order valence-corrected chi connectivity index (χ2v) is 11.1. The Bertz CT molecular complexity index is 1180. The largest absolute Gasteiger partial charge is 0.481 e. The van der Waals surface area contributed by atoms with Gasteiger partial charge in [-0.25, -0.2) is 9.59 Å². The summed E-state index contributed by atoms with van der Waals surface area (Å²) in [6.07, 6.45) is -1.35. The van der Waals surface area contributed by atoms with E-state index < -0.39 is 78.7 Å². The molecule has 10 N–H and O–H groups in total. The molecule has 256 valence electrons. The highest BCUT2D eigenvalue weighted by Crippen LogP contribution is 2.10. The normalized spacial score (nSPS) is 13.4. The minimum atomic E-state index is -1.49. The van der Waals surface area contributed by atoms with Crippen molar-refractivity contribution >= 4 is 41.7 Å². The van der Waals surface area contributed by atoms with Gasteiger partial charge in [-0.2, -0.15) is 0 Å². The van der Waals surface area contributed by atoms with Gasteiger partial charge in [-0.15, -0.1) is 0 Å². The number of nitrogens with one attached hydrogen (secondary N) is 4. The van der Waals surface area contributed by atoms with Crippen molar-refractivity contribution in [2.24, 2.45) is 17.4 Å². The molecule has 0 heterocycles. The molecule has 0 fully saturated rings. The van der Waals surface area contributed by atoms with Gasteiger partial charge in [0, 0.05) is 12.8 Å². The van der Waals surface area contributed by atoms with Crippen LogP contribution in [0.2, 0.25) is 0 Å². The standard InChI is InChI=1S/C30H46N6O10/c1-18(2)16-23(36-30(45)46-17-19-8-4-3-5-9-19)28(42)34-20(11-13-24(32)37)26(40)33-21(12-14-25(38)39)27(41)35-22(29(43)44)10-6-7-15-31/h3-5,8-9,18,20-23H,6-7,10-17,31H2,1-2H3,(H2,32,37)(H,33,40)(H,34,42)(H,35,41)(H,36,45)(H,38,39)(H,43,44). The first-order chi connectivity index (χ1) is 21.7. The molecular formula is C30H46N6O10. The molecule has 0 aliphatic rings. The summed E-state index contributed by atoms with van der Waals surface area (Å²) in [5.41, 5.74) is 11.4. The first-order valence-electron chi connectivity index (χ1n) is 15.0. The number of ether oxygens (including phenoxy) is 1. The van der Waals surface area contributed by atoms with Gasteiger partial charge >= 0.3 is 18.0 Å². The number of nitrogens with two attached hydrogens (primary N) is 2. The smallest absolute Gasteiger partial charge is 0.408 e. The fourth-order valence-electron chi connectivity index (χ4n) is 4.27. The van der Waals surface area contributed by atoms with E-state index in [0.717, 1.165) is 5.56 Å². The predicted molar refractivity (Wildman–Crippen MR) is 165 cm³/mol. The lowest BCUT2D eigenvalue weighted by molar-refractivity contribution is -0.143. The zero-order chi connectivity index (χ0) is 34.6. The molecule has 1 aromatic carbocycles. The van der Waals surface area contributed by atoms with Gasteiger partial charge in [0.15, 0.2) is 0 Å². The molecule has 0 aromatic heterocycles. The Hall–Kier alpha value is -4.73. The first-order valence-corrected chi connectivity index (χ1v) is 15.0. The molecule has 46 heavy (non-hydrogen) atoms. The van der Waals surface area contributed by atoms with E-state index in [-0.39, 0.29) is 38.2 Å². The summed E-state index contributed by atoms with van der Waals surface area (Å²) in [5.74, 6) is -6.15. The van der Waals surface area contributed by atoms with Crippen LogP contribution in [-0.4, -0.2) is 82.6 Å². The van der Waals surface area contributed by atoms with Crippen molar-refractivity contribution in [2.45, 2.75) is 96.0 Å². The van der Waals surface area contributed by atoms with E-state index in [2.05, 4.69) is 21.3 Å². The van der Waals surface area contributed by atoms with Crippen LogP contribution in [0.1, 0.15) is 70.8 Å². The van der Waals surface area contributed by atoms with Gasteiger partial charge in [0.1, 0.15) is 30.8 Å². The minimum absolute atomic E-state index is 0.0488. The number of carboxylic acid groups (broad SMARTS) is 2. The second kappa shape index (κ2) is 21.1. The minimum Gasteiger partial charge on any atom is -0.481 e. The zero-order valence-corrected chi connectivity index (χ0v) is 26.2. The average Bonchev–Trinajstić information content (AvgIpc) is 2.99. The van der Waals surface area contributed by atoms with Crippen LogP contribution < -0.4 is 32.7 Å². The number of alkyl carbamates (subject to hydrolysis) is 1. The van der Waals surface area contributed by atoms with Crippen LogP contribution in [0.4, 0.5) is 4.79 Å². The van der Waals surface area contributed by atoms with Crippen LogP contribution in [0.25, 0.3) is 0 Å². The number of benzene rings is 1. The van der Waals surface area contributed by atoms with Crippen molar-refractivity contribution in [2.75, 3.05) is 6.54 Å². The number of primary amides is 1. The molecule has 4 atom stereocenters. The SMILES string of the molecule is CC(C)CC(NC(=O)OCc1ccccc1)C(=O)NC(CCC(N)=O)C(=O)NC(CCC(=O)O)C(=O)NC(CCCCN)C(=O)O. The Balaban J connectivity index is 3.10. The summed E-state index contributed by atoms with van der Waals surface area (Å²) in [5, 5.41) is 28.3. The van der Waals surface area contributed by atoms with Gasteiger partial charge in [0.05, 0.1) is 0 Å². The summed E-state index contributed by atoms with van der Waals surface area (Å²) in [6.45, 7) is 3.88. The zero-order valence-electron chi connectivity index (χ0n) is 26.2. The van der Waals surface area contributed by atoms with Crippen LogP contribution >= 0.6 is 0 Å². The topological polar surface area (TPSA) is 269 Å². The van der Waals surface area contributed by atoms with Crippen molar-refractivity contribution < 1.29 is 48.5 Å². The molecule has 0 bridgehead atoms. The molecule has 4 unspecified atom stereocenters. The van der Waals surface area contributed by atoms with Crippen LogP contribution in [0, 0.1) is 5.92 Å². The lowest BCUT2D eigenvalue weighted by Gasteiger charge is -2.26. The van der Waals surface area contributed by atoms with E-state index in [9.17, 15) is 38.7 Å². The van der Waals surface area contributed by atoms with E-state index in [0.29, 0.717) is 19.4 Å². The molecule has 16 heteroatoms. The quantitative estimate of drug-likeness (QED) is 0.0781. The van der Waals surface area contributed by atoms with E-state index >= 15 is 0 Å². The number of hydrogen-bond donors (Lipinski definition) is 8. The third kappa shape index (κ3) is 16.4. The number of aliphatic carboxylic acids is 2. The van der Waals surface area contributed by atoms with E-state index in [1.807, 2.05) is 0 Å². The van der Waals surface area contributed by atoms with Crippen molar-refractivity contribution in [1.29, 1.82) is 0 Å². The first kappa shape index (κ1) is 39.3. The molecule has 0 saturated carbocycles. The van der Waals surface area contributed by atoms with Crippen molar-refractivity contribution in [3.63, 3.8) is 0 Å². The Morgan fingerprint density at radius 1 is 0.739 bits per heavy atom. The number of carbonyl (C=O) groups excluding carboxylic acids is 5. The Kier molecular flexibility index (Phi) is 18.0. The Labute approximate surface area is 267 Å². The summed E-state index contributed by atoms with van der Waals surface area (Å²) in [6, 6.07) is 3.45. The number of unbranched alkanes of at least 4 members (excludes halogenated alkanes) is 1. The van der Waals surface area contributed by atoms with Gasteiger partial charge in [0.25, 0.3) is 0 Å². The summed E-state index contributed by atoms with van der Waals surface area (Å²) in [7, 11) is 0. The molecule has 16 nitrogen and oxygen atoms in total. The van der Waals surface area contributed by atoms with Crippen LogP contribution in [0.3, 0.4) is 0 Å². The monoisotopic (exact) mass is 650 g/mol. The number of rotatable bonds is 22.